The number of hydrogen-bond donors (Lipinski definition) is 1. The number of benzene rings is 1. The molecule has 4 nitrogen and oxygen atoms in total. The van der Waals surface area contributed by atoms with E-state index in [2.05, 4.69) is 5.32 Å². The maximum Gasteiger partial charge on any atom is 0.245 e. The molecular formula is C14H18N2O2. The van der Waals surface area contributed by atoms with Crippen molar-refractivity contribution in [2.24, 2.45) is 0 Å². The smallest absolute Gasteiger partial charge is 0.245 e. The minimum atomic E-state index is -0.427. The maximum atomic E-state index is 12.2. The van der Waals surface area contributed by atoms with Gasteiger partial charge >= 0.3 is 0 Å². The zero-order chi connectivity index (χ0) is 13.1. The first kappa shape index (κ1) is 12.6. The fourth-order valence-electron chi connectivity index (χ4n) is 2.29. The minimum Gasteiger partial charge on any atom is -0.343 e. The summed E-state index contributed by atoms with van der Waals surface area (Å²) >= 11 is 0. The summed E-state index contributed by atoms with van der Waals surface area (Å²) in [6.07, 6.45) is 0.636. The number of amides is 2. The van der Waals surface area contributed by atoms with E-state index in [-0.39, 0.29) is 17.9 Å². The normalized spacial score (nSPS) is 24.0. The van der Waals surface area contributed by atoms with Gasteiger partial charge in [-0.15, -0.1) is 0 Å². The first-order valence-electron chi connectivity index (χ1n) is 6.28. The van der Waals surface area contributed by atoms with Crippen LogP contribution < -0.4 is 5.32 Å². The molecule has 4 heteroatoms. The van der Waals surface area contributed by atoms with Crippen LogP contribution in [-0.2, 0) is 16.1 Å². The van der Waals surface area contributed by atoms with Gasteiger partial charge in [0.05, 0.1) is 0 Å². The highest BCUT2D eigenvalue weighted by atomic mass is 16.2. The van der Waals surface area contributed by atoms with Crippen LogP contribution in [0.15, 0.2) is 30.3 Å². The summed E-state index contributed by atoms with van der Waals surface area (Å²) in [5.74, 6) is -0.0640. The molecule has 1 aromatic rings. The first-order valence-corrected chi connectivity index (χ1v) is 6.28. The van der Waals surface area contributed by atoms with Gasteiger partial charge in [0.25, 0.3) is 0 Å². The van der Waals surface area contributed by atoms with E-state index in [1.807, 2.05) is 37.3 Å². The summed E-state index contributed by atoms with van der Waals surface area (Å²) < 4.78 is 0. The lowest BCUT2D eigenvalue weighted by Crippen LogP contribution is -2.61. The highest BCUT2D eigenvalue weighted by molar-refractivity contribution is 5.96. The number of nitrogens with zero attached hydrogens (tertiary/aromatic N) is 1. The second-order valence-corrected chi connectivity index (χ2v) is 4.61. The molecule has 0 unspecified atom stereocenters. The Morgan fingerprint density at radius 3 is 2.50 bits per heavy atom. The molecule has 1 heterocycles. The summed E-state index contributed by atoms with van der Waals surface area (Å²) in [6, 6.07) is 8.98. The van der Waals surface area contributed by atoms with E-state index in [1.165, 1.54) is 0 Å². The number of rotatable bonds is 3. The second kappa shape index (κ2) is 5.21. The molecule has 0 radical (unpaired) electrons. The second-order valence-electron chi connectivity index (χ2n) is 4.61. The Morgan fingerprint density at radius 1 is 1.22 bits per heavy atom. The van der Waals surface area contributed by atoms with E-state index in [0.717, 1.165) is 5.56 Å². The standard InChI is InChI=1S/C14H18N2O2/c1-3-12-13(17)15-10(2)14(18)16(12)9-11-7-5-4-6-8-11/h4-8,10,12H,3,9H2,1-2H3,(H,15,17)/t10-,12+/m1/s1. The van der Waals surface area contributed by atoms with Gasteiger partial charge in [-0.05, 0) is 18.9 Å². The van der Waals surface area contributed by atoms with Crippen molar-refractivity contribution in [3.63, 3.8) is 0 Å². The van der Waals surface area contributed by atoms with E-state index >= 15 is 0 Å². The van der Waals surface area contributed by atoms with Gasteiger partial charge in [-0.3, -0.25) is 9.59 Å². The molecule has 0 saturated carbocycles. The van der Waals surface area contributed by atoms with E-state index in [9.17, 15) is 9.59 Å². The number of piperazine rings is 1. The molecule has 1 aliphatic rings. The Hall–Kier alpha value is -1.84. The lowest BCUT2D eigenvalue weighted by Gasteiger charge is -2.37. The zero-order valence-electron chi connectivity index (χ0n) is 10.7. The molecule has 18 heavy (non-hydrogen) atoms. The molecule has 1 aliphatic heterocycles. The van der Waals surface area contributed by atoms with Gasteiger partial charge in [0.15, 0.2) is 0 Å². The number of carbonyl (C=O) groups is 2. The predicted octanol–water partition coefficient (Wildman–Crippen LogP) is 1.31. The molecule has 96 valence electrons. The average Bonchev–Trinajstić information content (AvgIpc) is 2.37. The van der Waals surface area contributed by atoms with Crippen molar-refractivity contribution in [1.82, 2.24) is 10.2 Å². The molecule has 0 bridgehead atoms. The number of carbonyl (C=O) groups excluding carboxylic acids is 2. The Morgan fingerprint density at radius 2 is 1.89 bits per heavy atom. The summed E-state index contributed by atoms with van der Waals surface area (Å²) in [6.45, 7) is 4.14. The Labute approximate surface area is 107 Å². The van der Waals surface area contributed by atoms with E-state index in [0.29, 0.717) is 13.0 Å². The molecule has 0 aliphatic carbocycles. The molecule has 0 aromatic heterocycles. The van der Waals surface area contributed by atoms with Crippen molar-refractivity contribution in [3.05, 3.63) is 35.9 Å². The number of nitrogens with one attached hydrogen (secondary N) is 1. The van der Waals surface area contributed by atoms with Gasteiger partial charge < -0.3 is 10.2 Å². The van der Waals surface area contributed by atoms with Crippen LogP contribution in [0.25, 0.3) is 0 Å². The molecule has 1 aromatic carbocycles. The van der Waals surface area contributed by atoms with Gasteiger partial charge in [0.1, 0.15) is 12.1 Å². The Kier molecular flexibility index (Phi) is 3.65. The van der Waals surface area contributed by atoms with Crippen LogP contribution in [0.4, 0.5) is 0 Å². The predicted molar refractivity (Wildman–Crippen MR) is 68.7 cm³/mol. The summed E-state index contributed by atoms with van der Waals surface area (Å²) in [4.78, 5) is 25.7. The van der Waals surface area contributed by atoms with Gasteiger partial charge in [-0.1, -0.05) is 37.3 Å². The van der Waals surface area contributed by atoms with E-state index < -0.39 is 6.04 Å². The highest BCUT2D eigenvalue weighted by Gasteiger charge is 2.37. The molecule has 0 spiro atoms. The average molecular weight is 246 g/mol. The Bertz CT molecular complexity index is 444. The Balaban J connectivity index is 2.21. The van der Waals surface area contributed by atoms with Gasteiger partial charge in [-0.2, -0.15) is 0 Å². The highest BCUT2D eigenvalue weighted by Crippen LogP contribution is 2.16. The SMILES string of the molecule is CC[C@H]1C(=O)N[C@H](C)C(=O)N1Cc1ccccc1. The molecule has 2 rings (SSSR count). The van der Waals surface area contributed by atoms with Crippen LogP contribution in [0.5, 0.6) is 0 Å². The van der Waals surface area contributed by atoms with Crippen LogP contribution in [0.2, 0.25) is 0 Å². The first-order chi connectivity index (χ1) is 8.63. The van der Waals surface area contributed by atoms with Crippen LogP contribution in [0, 0.1) is 0 Å². The summed E-state index contributed by atoms with van der Waals surface area (Å²) in [5.41, 5.74) is 1.05. The van der Waals surface area contributed by atoms with Crippen LogP contribution in [0.3, 0.4) is 0 Å². The fourth-order valence-corrected chi connectivity index (χ4v) is 2.29. The van der Waals surface area contributed by atoms with Crippen molar-refractivity contribution < 1.29 is 9.59 Å². The van der Waals surface area contributed by atoms with Crippen molar-refractivity contribution in [2.75, 3.05) is 0 Å². The molecular weight excluding hydrogens is 228 g/mol. The number of hydrogen-bond acceptors (Lipinski definition) is 2. The van der Waals surface area contributed by atoms with Gasteiger partial charge in [0.2, 0.25) is 11.8 Å². The lowest BCUT2D eigenvalue weighted by molar-refractivity contribution is -0.149. The molecule has 2 atom stereocenters. The van der Waals surface area contributed by atoms with Crippen molar-refractivity contribution >= 4 is 11.8 Å². The lowest BCUT2D eigenvalue weighted by atomic mass is 10.0. The summed E-state index contributed by atoms with van der Waals surface area (Å²) in [5, 5.41) is 2.72. The largest absolute Gasteiger partial charge is 0.343 e. The minimum absolute atomic E-state index is 0.00898. The van der Waals surface area contributed by atoms with Crippen LogP contribution >= 0.6 is 0 Å². The monoisotopic (exact) mass is 246 g/mol. The van der Waals surface area contributed by atoms with E-state index in [1.54, 1.807) is 11.8 Å². The quantitative estimate of drug-likeness (QED) is 0.874. The third-order valence-corrected chi connectivity index (χ3v) is 3.27. The molecule has 1 N–H and O–H groups in total. The van der Waals surface area contributed by atoms with Crippen LogP contribution in [-0.4, -0.2) is 28.8 Å². The van der Waals surface area contributed by atoms with E-state index in [4.69, 9.17) is 0 Å². The van der Waals surface area contributed by atoms with Crippen molar-refractivity contribution in [3.8, 4) is 0 Å². The molecule has 2 amide bonds. The van der Waals surface area contributed by atoms with Crippen molar-refractivity contribution in [2.45, 2.75) is 38.9 Å². The molecule has 1 fully saturated rings. The third-order valence-electron chi connectivity index (χ3n) is 3.27. The zero-order valence-corrected chi connectivity index (χ0v) is 10.7. The molecule has 1 saturated heterocycles. The van der Waals surface area contributed by atoms with Gasteiger partial charge in [-0.25, -0.2) is 0 Å². The maximum absolute atomic E-state index is 12.2. The topological polar surface area (TPSA) is 49.4 Å². The fraction of sp³-hybridized carbons (Fsp3) is 0.429. The van der Waals surface area contributed by atoms with Crippen molar-refractivity contribution in [1.29, 1.82) is 0 Å². The third kappa shape index (κ3) is 2.37. The van der Waals surface area contributed by atoms with Crippen LogP contribution in [0.1, 0.15) is 25.8 Å². The summed E-state index contributed by atoms with van der Waals surface area (Å²) in [7, 11) is 0. The van der Waals surface area contributed by atoms with Gasteiger partial charge in [0, 0.05) is 6.54 Å².